The Bertz CT molecular complexity index is 1190. The van der Waals surface area contributed by atoms with Crippen molar-refractivity contribution in [2.24, 2.45) is 11.8 Å². The molecule has 4 atom stereocenters. The molecule has 1 aliphatic carbocycles. The topological polar surface area (TPSA) is 81.0 Å². The Kier molecular flexibility index (Phi) is 5.40. The van der Waals surface area contributed by atoms with Gasteiger partial charge in [0, 0.05) is 49.6 Å². The highest BCUT2D eigenvalue weighted by Crippen LogP contribution is 2.40. The molecule has 1 aromatic carbocycles. The normalized spacial score (nSPS) is 26.3. The van der Waals surface area contributed by atoms with E-state index in [1.807, 2.05) is 13.0 Å². The molecule has 1 N–H and O–H groups in total. The Morgan fingerprint density at radius 1 is 1.12 bits per heavy atom. The molecule has 6 rings (SSSR count). The van der Waals surface area contributed by atoms with Crippen LogP contribution in [-0.2, 0) is 11.3 Å². The number of anilines is 2. The first kappa shape index (κ1) is 21.4. The molecule has 1 saturated heterocycles. The SMILES string of the molecule is Cc1cc(N2C[C@H]3CC[C@@H](C2)C3Nc2nc3n(n2)CCCO[C@H]3c2cccc(F)c2F)ncn1. The molecular weight excluding hydrogens is 440 g/mol. The van der Waals surface area contributed by atoms with Crippen LogP contribution in [0.2, 0.25) is 0 Å². The van der Waals surface area contributed by atoms with Gasteiger partial charge in [-0.1, -0.05) is 12.1 Å². The van der Waals surface area contributed by atoms with E-state index in [4.69, 9.17) is 9.72 Å². The second-order valence-electron chi connectivity index (χ2n) is 9.45. The Hall–Kier alpha value is -3.14. The van der Waals surface area contributed by atoms with E-state index in [0.29, 0.717) is 36.8 Å². The van der Waals surface area contributed by atoms with Crippen molar-refractivity contribution in [3.05, 3.63) is 59.3 Å². The van der Waals surface area contributed by atoms with Crippen LogP contribution in [0.15, 0.2) is 30.6 Å². The maximum atomic E-state index is 14.6. The highest BCUT2D eigenvalue weighted by molar-refractivity contribution is 5.42. The molecule has 8 nitrogen and oxygen atoms in total. The number of aryl methyl sites for hydroxylation is 2. The average molecular weight is 468 g/mol. The highest BCUT2D eigenvalue weighted by Gasteiger charge is 2.43. The van der Waals surface area contributed by atoms with E-state index in [0.717, 1.165) is 49.9 Å². The zero-order chi connectivity index (χ0) is 23.2. The number of aromatic nitrogens is 5. The molecule has 0 radical (unpaired) electrons. The summed E-state index contributed by atoms with van der Waals surface area (Å²) in [5.74, 6) is 1.11. The van der Waals surface area contributed by atoms with Gasteiger partial charge >= 0.3 is 0 Å². The van der Waals surface area contributed by atoms with Crippen molar-refractivity contribution < 1.29 is 13.5 Å². The molecule has 10 heteroatoms. The summed E-state index contributed by atoms with van der Waals surface area (Å²) in [5, 5.41) is 8.26. The van der Waals surface area contributed by atoms with E-state index in [1.165, 1.54) is 6.07 Å². The summed E-state index contributed by atoms with van der Waals surface area (Å²) in [7, 11) is 0. The van der Waals surface area contributed by atoms with Gasteiger partial charge in [0.2, 0.25) is 5.95 Å². The van der Waals surface area contributed by atoms with Crippen molar-refractivity contribution in [2.75, 3.05) is 29.9 Å². The van der Waals surface area contributed by atoms with Crippen molar-refractivity contribution in [3.8, 4) is 0 Å². The summed E-state index contributed by atoms with van der Waals surface area (Å²) in [6, 6.07) is 6.44. The van der Waals surface area contributed by atoms with E-state index in [1.54, 1.807) is 17.1 Å². The minimum absolute atomic E-state index is 0.149. The van der Waals surface area contributed by atoms with Gasteiger partial charge in [-0.15, -0.1) is 5.10 Å². The minimum atomic E-state index is -0.899. The van der Waals surface area contributed by atoms with Crippen LogP contribution in [-0.4, -0.2) is 50.5 Å². The third-order valence-corrected chi connectivity index (χ3v) is 7.24. The van der Waals surface area contributed by atoms with Crippen molar-refractivity contribution in [1.82, 2.24) is 24.7 Å². The summed E-state index contributed by atoms with van der Waals surface area (Å²) in [6.07, 6.45) is 3.83. The van der Waals surface area contributed by atoms with Gasteiger partial charge in [-0.05, 0) is 44.1 Å². The zero-order valence-corrected chi connectivity index (χ0v) is 19.0. The first-order chi connectivity index (χ1) is 16.6. The molecule has 34 heavy (non-hydrogen) atoms. The number of ether oxygens (including phenoxy) is 1. The number of nitrogens with one attached hydrogen (secondary N) is 1. The van der Waals surface area contributed by atoms with E-state index >= 15 is 0 Å². The summed E-state index contributed by atoms with van der Waals surface area (Å²) in [6.45, 7) is 4.86. The molecule has 178 valence electrons. The van der Waals surface area contributed by atoms with Crippen molar-refractivity contribution >= 4 is 11.8 Å². The molecule has 0 amide bonds. The molecule has 2 aromatic heterocycles. The van der Waals surface area contributed by atoms with Crippen LogP contribution >= 0.6 is 0 Å². The third-order valence-electron chi connectivity index (χ3n) is 7.24. The third kappa shape index (κ3) is 3.79. The van der Waals surface area contributed by atoms with E-state index in [2.05, 4.69) is 25.3 Å². The number of fused-ring (bicyclic) bond motifs is 3. The van der Waals surface area contributed by atoms with E-state index in [9.17, 15) is 8.78 Å². The Labute approximate surface area is 196 Å². The summed E-state index contributed by atoms with van der Waals surface area (Å²) in [4.78, 5) is 15.7. The van der Waals surface area contributed by atoms with Crippen molar-refractivity contribution in [1.29, 1.82) is 0 Å². The second-order valence-corrected chi connectivity index (χ2v) is 9.45. The first-order valence-corrected chi connectivity index (χ1v) is 11.9. The predicted octanol–water partition coefficient (Wildman–Crippen LogP) is 3.49. The lowest BCUT2D eigenvalue weighted by Gasteiger charge is -2.38. The molecule has 0 spiro atoms. The Morgan fingerprint density at radius 2 is 1.94 bits per heavy atom. The summed E-state index contributed by atoms with van der Waals surface area (Å²) in [5.41, 5.74) is 1.11. The van der Waals surface area contributed by atoms with Crippen LogP contribution in [0.3, 0.4) is 0 Å². The van der Waals surface area contributed by atoms with Crippen LogP contribution in [0, 0.1) is 30.4 Å². The molecule has 2 aliphatic heterocycles. The number of piperidine rings is 1. The van der Waals surface area contributed by atoms with E-state index < -0.39 is 17.7 Å². The van der Waals surface area contributed by atoms with Crippen molar-refractivity contribution in [3.63, 3.8) is 0 Å². The molecule has 1 saturated carbocycles. The number of rotatable bonds is 4. The molecule has 1 unspecified atom stereocenters. The first-order valence-electron chi connectivity index (χ1n) is 11.9. The monoisotopic (exact) mass is 467 g/mol. The summed E-state index contributed by atoms with van der Waals surface area (Å²) < 4.78 is 36.1. The number of benzene rings is 1. The minimum Gasteiger partial charge on any atom is -0.365 e. The second kappa shape index (κ2) is 8.57. The zero-order valence-electron chi connectivity index (χ0n) is 19.0. The van der Waals surface area contributed by atoms with Gasteiger partial charge in [-0.2, -0.15) is 4.98 Å². The predicted molar refractivity (Wildman–Crippen MR) is 121 cm³/mol. The quantitative estimate of drug-likeness (QED) is 0.629. The number of hydrogen-bond donors (Lipinski definition) is 1. The van der Waals surface area contributed by atoms with Gasteiger partial charge in [0.1, 0.15) is 18.2 Å². The molecule has 2 bridgehead atoms. The number of hydrogen-bond acceptors (Lipinski definition) is 7. The lowest BCUT2D eigenvalue weighted by molar-refractivity contribution is 0.0782. The van der Waals surface area contributed by atoms with Crippen LogP contribution in [0.1, 0.15) is 42.4 Å². The fourth-order valence-electron chi connectivity index (χ4n) is 5.62. The van der Waals surface area contributed by atoms with Crippen molar-refractivity contribution in [2.45, 2.75) is 44.9 Å². The maximum absolute atomic E-state index is 14.6. The smallest absolute Gasteiger partial charge is 0.242 e. The van der Waals surface area contributed by atoms with Gasteiger partial charge in [-0.3, -0.25) is 0 Å². The maximum Gasteiger partial charge on any atom is 0.242 e. The Balaban J connectivity index is 1.23. The van der Waals surface area contributed by atoms with Gasteiger partial charge in [0.15, 0.2) is 17.5 Å². The lowest BCUT2D eigenvalue weighted by atomic mass is 9.92. The molecule has 4 heterocycles. The molecular formula is C24H27F2N7O. The molecule has 2 fully saturated rings. The van der Waals surface area contributed by atoms with E-state index in [-0.39, 0.29) is 11.6 Å². The molecule has 3 aromatic rings. The standard InChI is InChI=1S/C24H27F2N7O/c1-14-10-19(28-13-27-14)32-11-15-6-7-16(12-32)21(15)29-24-30-23-22(34-9-3-8-33(23)31-24)17-4-2-5-18(25)20(17)26/h2,4-5,10,13,15-16,21-22H,3,6-9,11-12H2,1H3,(H,29,31)/t15-,16+,21?,22-/m0/s1. The highest BCUT2D eigenvalue weighted by atomic mass is 19.2. The fourth-order valence-corrected chi connectivity index (χ4v) is 5.62. The number of nitrogens with zero attached hydrogens (tertiary/aromatic N) is 6. The largest absolute Gasteiger partial charge is 0.365 e. The van der Waals surface area contributed by atoms with Gasteiger partial charge in [0.25, 0.3) is 0 Å². The fraction of sp³-hybridized carbons (Fsp3) is 0.500. The van der Waals surface area contributed by atoms with Gasteiger partial charge < -0.3 is 15.0 Å². The Morgan fingerprint density at radius 3 is 2.74 bits per heavy atom. The average Bonchev–Trinajstić information content (AvgIpc) is 3.23. The van der Waals surface area contributed by atoms with Crippen LogP contribution in [0.4, 0.5) is 20.5 Å². The van der Waals surface area contributed by atoms with Crippen LogP contribution in [0.25, 0.3) is 0 Å². The van der Waals surface area contributed by atoms with Gasteiger partial charge in [0.05, 0.1) is 0 Å². The number of halogens is 2. The lowest BCUT2D eigenvalue weighted by Crippen LogP contribution is -2.48. The van der Waals surface area contributed by atoms with Gasteiger partial charge in [-0.25, -0.2) is 23.4 Å². The van der Waals surface area contributed by atoms with Crippen LogP contribution < -0.4 is 10.2 Å². The summed E-state index contributed by atoms with van der Waals surface area (Å²) >= 11 is 0. The molecule has 3 aliphatic rings. The van der Waals surface area contributed by atoms with Crippen LogP contribution in [0.5, 0.6) is 0 Å².